The highest BCUT2D eigenvalue weighted by atomic mass is 16.1. The third-order valence-electron chi connectivity index (χ3n) is 0.495. The van der Waals surface area contributed by atoms with Gasteiger partial charge in [-0.2, -0.15) is 0 Å². The number of hydrogen-bond acceptors (Lipinski definition) is 1. The molecule has 7 heavy (non-hydrogen) atoms. The Morgan fingerprint density at radius 2 is 2.43 bits per heavy atom. The Morgan fingerprint density at radius 1 is 1.86 bits per heavy atom. The van der Waals surface area contributed by atoms with Crippen LogP contribution in [0.5, 0.6) is 0 Å². The smallest absolute Gasteiger partial charge is 0.248 e. The molecule has 0 N–H and O–H groups in total. The van der Waals surface area contributed by atoms with Gasteiger partial charge >= 0.3 is 0 Å². The summed E-state index contributed by atoms with van der Waals surface area (Å²) in [6.45, 7) is 6.37. The van der Waals surface area contributed by atoms with Gasteiger partial charge in [0.05, 0.1) is 0 Å². The third-order valence-corrected chi connectivity index (χ3v) is 0.495. The van der Waals surface area contributed by atoms with E-state index in [0.29, 0.717) is 6.42 Å². The Morgan fingerprint density at radius 3 is 2.57 bits per heavy atom. The first kappa shape index (κ1) is 6.08. The largest absolute Gasteiger partial charge is 0.272 e. The van der Waals surface area contributed by atoms with Crippen LogP contribution in [-0.2, 0) is 4.79 Å². The highest BCUT2D eigenvalue weighted by molar-refractivity contribution is 5.81. The Labute approximate surface area is 42.6 Å². The van der Waals surface area contributed by atoms with Crippen molar-refractivity contribution in [3.8, 4) is 0 Å². The van der Waals surface area contributed by atoms with Crippen LogP contribution < -0.4 is 0 Å². The van der Waals surface area contributed by atoms with Crippen LogP contribution in [0.3, 0.4) is 0 Å². The van der Waals surface area contributed by atoms with Gasteiger partial charge in [0.25, 0.3) is 0 Å². The molecule has 0 aliphatic rings. The fourth-order valence-electron chi connectivity index (χ4n) is 0.188. The highest BCUT2D eigenvalue weighted by Crippen LogP contribution is 1.80. The lowest BCUT2D eigenvalue weighted by Crippen LogP contribution is -1.85. The number of amides is 1. The van der Waals surface area contributed by atoms with Gasteiger partial charge in [-0.25, -0.2) is 4.99 Å². The molecule has 0 aromatic carbocycles. The minimum Gasteiger partial charge on any atom is -0.272 e. The quantitative estimate of drug-likeness (QED) is 0.370. The summed E-state index contributed by atoms with van der Waals surface area (Å²) < 4.78 is 0. The molecule has 0 saturated heterocycles. The van der Waals surface area contributed by atoms with E-state index in [2.05, 4.69) is 18.3 Å². The van der Waals surface area contributed by atoms with Gasteiger partial charge in [-0.3, -0.25) is 4.79 Å². The molecule has 2 heteroatoms. The maximum absolute atomic E-state index is 10.1. The summed E-state index contributed by atoms with van der Waals surface area (Å²) >= 11 is 0. The van der Waals surface area contributed by atoms with Crippen molar-refractivity contribution < 1.29 is 4.79 Å². The lowest BCUT2D eigenvalue weighted by molar-refractivity contribution is -0.116. The van der Waals surface area contributed by atoms with E-state index >= 15 is 0 Å². The molecule has 0 aromatic heterocycles. The molecule has 0 fully saturated rings. The fraction of sp³-hybridized carbons (Fsp3) is 0.200. The zero-order valence-corrected chi connectivity index (χ0v) is 4.05. The molecule has 1 amide bonds. The first-order valence-corrected chi connectivity index (χ1v) is 1.91. The summed E-state index contributed by atoms with van der Waals surface area (Å²) in [5.41, 5.74) is 0. The first-order valence-electron chi connectivity index (χ1n) is 1.91. The summed E-state index contributed by atoms with van der Waals surface area (Å²) in [6.07, 6.45) is 1.79. The molecule has 38 valence electrons. The van der Waals surface area contributed by atoms with Gasteiger partial charge in [0.2, 0.25) is 5.91 Å². The van der Waals surface area contributed by atoms with Crippen LogP contribution in [0.25, 0.3) is 0 Å². The molecule has 0 spiro atoms. The average molecular weight is 97.1 g/mol. The summed E-state index contributed by atoms with van der Waals surface area (Å²) in [4.78, 5) is 13.2. The zero-order chi connectivity index (χ0) is 5.70. The van der Waals surface area contributed by atoms with Crippen LogP contribution in [0.1, 0.15) is 6.42 Å². The van der Waals surface area contributed by atoms with Crippen LogP contribution in [-0.4, -0.2) is 12.6 Å². The Kier molecular flexibility index (Phi) is 2.85. The lowest BCUT2D eigenvalue weighted by Gasteiger charge is -1.78. The average Bonchev–Trinajstić information content (AvgIpc) is 1.68. The minimum absolute atomic E-state index is 0.227. The predicted molar refractivity (Wildman–Crippen MR) is 29.4 cm³/mol. The monoisotopic (exact) mass is 97.1 g/mol. The minimum atomic E-state index is -0.227. The van der Waals surface area contributed by atoms with E-state index < -0.39 is 0 Å². The molecule has 0 bridgehead atoms. The SMILES string of the molecule is C=CCC(=O)N=C. The molecule has 0 unspecified atom stereocenters. The molecule has 0 aromatic rings. The van der Waals surface area contributed by atoms with Crippen molar-refractivity contribution in [1.29, 1.82) is 0 Å². The number of carbonyl (C=O) groups is 1. The van der Waals surface area contributed by atoms with Gasteiger partial charge in [-0.05, 0) is 6.72 Å². The van der Waals surface area contributed by atoms with E-state index in [0.717, 1.165) is 0 Å². The Bertz CT molecular complexity index is 96.3. The molecule has 0 aliphatic heterocycles. The topological polar surface area (TPSA) is 29.4 Å². The van der Waals surface area contributed by atoms with Crippen LogP contribution in [0, 0.1) is 0 Å². The van der Waals surface area contributed by atoms with Crippen LogP contribution in [0.15, 0.2) is 17.6 Å². The lowest BCUT2D eigenvalue weighted by atomic mass is 10.4. The van der Waals surface area contributed by atoms with Crippen molar-refractivity contribution >= 4 is 12.6 Å². The number of rotatable bonds is 2. The Hall–Kier alpha value is -0.920. The molecule has 0 radical (unpaired) electrons. The third kappa shape index (κ3) is 2.89. The van der Waals surface area contributed by atoms with E-state index in [1.54, 1.807) is 0 Å². The highest BCUT2D eigenvalue weighted by Gasteiger charge is 1.86. The number of aliphatic imine (C=N–C) groups is 1. The van der Waals surface area contributed by atoms with Gasteiger partial charge in [-0.15, -0.1) is 6.58 Å². The molecule has 0 atom stereocenters. The normalized spacial score (nSPS) is 7.43. The molecule has 0 aliphatic carbocycles. The molecular weight excluding hydrogens is 90.1 g/mol. The van der Waals surface area contributed by atoms with Crippen molar-refractivity contribution in [2.75, 3.05) is 0 Å². The Balaban J connectivity index is 3.36. The van der Waals surface area contributed by atoms with Crippen LogP contribution >= 0.6 is 0 Å². The number of hydrogen-bond donors (Lipinski definition) is 0. The summed E-state index contributed by atoms with van der Waals surface area (Å²) in [5, 5.41) is 0. The number of carbonyl (C=O) groups excluding carboxylic acids is 1. The number of nitrogens with zero attached hydrogens (tertiary/aromatic N) is 1. The fourth-order valence-corrected chi connectivity index (χ4v) is 0.188. The second-order valence-corrected chi connectivity index (χ2v) is 1.04. The van der Waals surface area contributed by atoms with Crippen molar-refractivity contribution in [2.45, 2.75) is 6.42 Å². The summed E-state index contributed by atoms with van der Waals surface area (Å²) in [5.74, 6) is -0.227. The second-order valence-electron chi connectivity index (χ2n) is 1.04. The van der Waals surface area contributed by atoms with Crippen molar-refractivity contribution in [3.63, 3.8) is 0 Å². The van der Waals surface area contributed by atoms with Crippen LogP contribution in [0.4, 0.5) is 0 Å². The molecule has 2 nitrogen and oxygen atoms in total. The van der Waals surface area contributed by atoms with Crippen molar-refractivity contribution in [1.82, 2.24) is 0 Å². The summed E-state index contributed by atoms with van der Waals surface area (Å²) in [7, 11) is 0. The van der Waals surface area contributed by atoms with Gasteiger partial charge < -0.3 is 0 Å². The predicted octanol–water partition coefficient (Wildman–Crippen LogP) is 0.790. The van der Waals surface area contributed by atoms with E-state index in [-0.39, 0.29) is 5.91 Å². The van der Waals surface area contributed by atoms with Gasteiger partial charge in [-0.1, -0.05) is 6.08 Å². The van der Waals surface area contributed by atoms with E-state index in [1.807, 2.05) is 0 Å². The first-order chi connectivity index (χ1) is 3.31. The van der Waals surface area contributed by atoms with Crippen LogP contribution in [0.2, 0.25) is 0 Å². The van der Waals surface area contributed by atoms with E-state index in [9.17, 15) is 4.79 Å². The molecule has 0 rings (SSSR count). The van der Waals surface area contributed by atoms with Crippen molar-refractivity contribution in [3.05, 3.63) is 12.7 Å². The van der Waals surface area contributed by atoms with Gasteiger partial charge in [0.15, 0.2) is 0 Å². The standard InChI is InChI=1S/C5H7NO/c1-3-4-5(7)6-2/h3H,1-2,4H2. The van der Waals surface area contributed by atoms with Gasteiger partial charge in [0, 0.05) is 6.42 Å². The maximum Gasteiger partial charge on any atom is 0.248 e. The van der Waals surface area contributed by atoms with E-state index in [4.69, 9.17) is 0 Å². The van der Waals surface area contributed by atoms with Gasteiger partial charge in [0.1, 0.15) is 0 Å². The zero-order valence-electron chi connectivity index (χ0n) is 4.05. The second kappa shape index (κ2) is 3.28. The summed E-state index contributed by atoms with van der Waals surface area (Å²) in [6, 6.07) is 0. The molecule has 0 saturated carbocycles. The van der Waals surface area contributed by atoms with E-state index in [1.165, 1.54) is 6.08 Å². The molecule has 0 heterocycles. The maximum atomic E-state index is 10.1. The molecular formula is C5H7NO. The van der Waals surface area contributed by atoms with Crippen molar-refractivity contribution in [2.24, 2.45) is 4.99 Å².